The summed E-state index contributed by atoms with van der Waals surface area (Å²) in [7, 11) is 1.46. The van der Waals surface area contributed by atoms with Gasteiger partial charge in [-0.05, 0) is 42.0 Å². The topological polar surface area (TPSA) is 109 Å². The Morgan fingerprint density at radius 1 is 0.933 bits per heavy atom. The molecule has 0 spiro atoms. The molecule has 9 nitrogen and oxygen atoms in total. The average molecular weight is 629 g/mol. The minimum atomic E-state index is -4.80. The van der Waals surface area contributed by atoms with Crippen LogP contribution < -0.4 is 9.47 Å². The number of nitrogens with one attached hydrogen (secondary N) is 1. The van der Waals surface area contributed by atoms with Crippen molar-refractivity contribution in [2.24, 2.45) is 0 Å². The molecule has 0 bridgehead atoms. The first kappa shape index (κ1) is 31.5. The van der Waals surface area contributed by atoms with E-state index in [-0.39, 0.29) is 29.5 Å². The van der Waals surface area contributed by atoms with Gasteiger partial charge in [-0.2, -0.15) is 13.2 Å². The quantitative estimate of drug-likeness (QED) is 0.170. The Morgan fingerprint density at radius 2 is 1.56 bits per heavy atom. The van der Waals surface area contributed by atoms with Gasteiger partial charge in [0.2, 0.25) is 12.2 Å². The normalized spacial score (nSPS) is 19.8. The molecule has 1 saturated heterocycles. The van der Waals surface area contributed by atoms with Gasteiger partial charge in [-0.3, -0.25) is 5.10 Å². The molecule has 1 fully saturated rings. The van der Waals surface area contributed by atoms with Crippen LogP contribution in [0.1, 0.15) is 44.0 Å². The number of ether oxygens (including phenoxy) is 5. The Hall–Kier alpha value is -4.91. The van der Waals surface area contributed by atoms with Crippen molar-refractivity contribution in [3.63, 3.8) is 0 Å². The van der Waals surface area contributed by atoms with Crippen LogP contribution in [-0.2, 0) is 26.8 Å². The molecule has 1 aliphatic rings. The van der Waals surface area contributed by atoms with E-state index in [9.17, 15) is 22.8 Å². The smallest absolute Gasteiger partial charge is 0.433 e. The summed E-state index contributed by atoms with van der Waals surface area (Å²) >= 11 is 0. The van der Waals surface area contributed by atoms with Crippen molar-refractivity contribution in [3.05, 3.63) is 113 Å². The monoisotopic (exact) mass is 628 g/mol. The highest BCUT2D eigenvalue weighted by atomic mass is 19.4. The molecule has 0 aliphatic carbocycles. The van der Waals surface area contributed by atoms with Crippen LogP contribution in [-0.4, -0.2) is 60.5 Å². The summed E-state index contributed by atoms with van der Waals surface area (Å²) in [6, 6.07) is 22.2. The maximum atomic E-state index is 15.7. The van der Waals surface area contributed by atoms with Gasteiger partial charge in [0.25, 0.3) is 0 Å². The molecule has 0 unspecified atom stereocenters. The van der Waals surface area contributed by atoms with Gasteiger partial charge in [-0.25, -0.2) is 14.0 Å². The lowest BCUT2D eigenvalue weighted by Gasteiger charge is -2.37. The minimum Gasteiger partial charge on any atom is -0.497 e. The lowest BCUT2D eigenvalue weighted by Crippen LogP contribution is -2.51. The fourth-order valence-corrected chi connectivity index (χ4v) is 4.72. The largest absolute Gasteiger partial charge is 0.497 e. The number of esters is 2. The molecule has 4 aromatic rings. The molecule has 13 heteroatoms. The first-order valence-corrected chi connectivity index (χ1v) is 13.8. The number of hydrogen-bond donors (Lipinski definition) is 1. The summed E-state index contributed by atoms with van der Waals surface area (Å²) in [4.78, 5) is 25.3. The van der Waals surface area contributed by atoms with Crippen molar-refractivity contribution in [2.75, 3.05) is 13.7 Å². The Kier molecular flexibility index (Phi) is 9.67. The number of benzene rings is 3. The predicted molar refractivity (Wildman–Crippen MR) is 151 cm³/mol. The number of H-pyrrole nitrogens is 1. The molecular weight excluding hydrogens is 600 g/mol. The van der Waals surface area contributed by atoms with Crippen molar-refractivity contribution in [1.82, 2.24) is 10.2 Å². The zero-order valence-electron chi connectivity index (χ0n) is 23.8. The minimum absolute atomic E-state index is 0.157. The van der Waals surface area contributed by atoms with Crippen LogP contribution in [0.3, 0.4) is 0 Å². The number of carbonyl (C=O) groups is 2. The summed E-state index contributed by atoms with van der Waals surface area (Å²) in [5.74, 6) is -1.50. The van der Waals surface area contributed by atoms with E-state index >= 15 is 4.39 Å². The van der Waals surface area contributed by atoms with Gasteiger partial charge in [0.1, 0.15) is 30.3 Å². The third kappa shape index (κ3) is 7.79. The standard InChI is InChI=1S/C32H28F4N2O7/c1-41-22-14-12-19(13-15-22)16-23-28(32(34,35)36)37-38-29(23)45-26-17-24(44-31(40)21-10-6-3-7-11-21)27(33)25(43-26)18-42-30(39)20-8-4-2-5-9-20/h2-15,24-27H,16-18H2,1H3,(H,37,38)/t24-,25-,26+,27+/m1/s1. The van der Waals surface area contributed by atoms with E-state index in [1.165, 1.54) is 31.4 Å². The lowest BCUT2D eigenvalue weighted by molar-refractivity contribution is -0.215. The maximum absolute atomic E-state index is 15.7. The van der Waals surface area contributed by atoms with Crippen LogP contribution in [0, 0.1) is 0 Å². The third-order valence-electron chi connectivity index (χ3n) is 7.01. The van der Waals surface area contributed by atoms with Gasteiger partial charge in [0, 0.05) is 6.42 Å². The van der Waals surface area contributed by atoms with Gasteiger partial charge in [0.05, 0.1) is 30.2 Å². The number of halogens is 4. The second-order valence-electron chi connectivity index (χ2n) is 10.1. The van der Waals surface area contributed by atoms with Crippen LogP contribution >= 0.6 is 0 Å². The molecule has 1 aromatic heterocycles. The highest BCUT2D eigenvalue weighted by molar-refractivity contribution is 5.89. The van der Waals surface area contributed by atoms with E-state index in [2.05, 4.69) is 5.10 Å². The molecule has 2 heterocycles. The van der Waals surface area contributed by atoms with Crippen molar-refractivity contribution < 1.29 is 50.8 Å². The fourth-order valence-electron chi connectivity index (χ4n) is 4.72. The Bertz CT molecular complexity index is 1580. The first-order chi connectivity index (χ1) is 21.6. The number of methoxy groups -OCH3 is 1. The van der Waals surface area contributed by atoms with Crippen molar-refractivity contribution in [3.8, 4) is 11.6 Å². The number of carbonyl (C=O) groups excluding carboxylic acids is 2. The van der Waals surface area contributed by atoms with E-state index < -0.39 is 61.0 Å². The Labute approximate surface area is 255 Å². The molecule has 0 amide bonds. The number of rotatable bonds is 10. The SMILES string of the molecule is COc1ccc(Cc2c(O[C@H]3C[C@@H](OC(=O)c4ccccc4)[C@H](F)[C@@H](COC(=O)c4ccccc4)O3)n[nH]c2C(F)(F)F)cc1. The second kappa shape index (κ2) is 13.8. The summed E-state index contributed by atoms with van der Waals surface area (Å²) in [5, 5.41) is 5.72. The Morgan fingerprint density at radius 3 is 2.16 bits per heavy atom. The molecule has 0 saturated carbocycles. The molecule has 4 atom stereocenters. The second-order valence-corrected chi connectivity index (χ2v) is 10.1. The van der Waals surface area contributed by atoms with Crippen molar-refractivity contribution >= 4 is 11.9 Å². The van der Waals surface area contributed by atoms with E-state index in [0.29, 0.717) is 11.3 Å². The highest BCUT2D eigenvalue weighted by Crippen LogP contribution is 2.37. The van der Waals surface area contributed by atoms with Crippen LogP contribution in [0.5, 0.6) is 11.6 Å². The number of hydrogen-bond acceptors (Lipinski definition) is 8. The lowest BCUT2D eigenvalue weighted by atomic mass is 10.0. The number of aromatic nitrogens is 2. The zero-order chi connectivity index (χ0) is 32.0. The maximum Gasteiger partial charge on any atom is 0.433 e. The van der Waals surface area contributed by atoms with Gasteiger partial charge in [0.15, 0.2) is 6.17 Å². The first-order valence-electron chi connectivity index (χ1n) is 13.8. The van der Waals surface area contributed by atoms with Crippen molar-refractivity contribution in [2.45, 2.75) is 43.7 Å². The van der Waals surface area contributed by atoms with Gasteiger partial charge in [-0.15, -0.1) is 5.10 Å². The van der Waals surface area contributed by atoms with Crippen LogP contribution in [0.25, 0.3) is 0 Å². The molecule has 0 radical (unpaired) electrons. The van der Waals surface area contributed by atoms with Gasteiger partial charge >= 0.3 is 18.1 Å². The molecule has 3 aromatic carbocycles. The molecule has 1 N–H and O–H groups in total. The zero-order valence-corrected chi connectivity index (χ0v) is 23.8. The fraction of sp³-hybridized carbons (Fsp3) is 0.281. The van der Waals surface area contributed by atoms with E-state index in [1.807, 2.05) is 5.10 Å². The summed E-state index contributed by atoms with van der Waals surface area (Å²) in [6.07, 6.45) is -11.8. The third-order valence-corrected chi connectivity index (χ3v) is 7.01. The van der Waals surface area contributed by atoms with Gasteiger partial charge < -0.3 is 23.7 Å². The van der Waals surface area contributed by atoms with E-state index in [0.717, 1.165) is 0 Å². The number of aromatic amines is 1. The van der Waals surface area contributed by atoms with Crippen molar-refractivity contribution in [1.29, 1.82) is 0 Å². The summed E-state index contributed by atoms with van der Waals surface area (Å²) < 4.78 is 84.8. The van der Waals surface area contributed by atoms with E-state index in [1.54, 1.807) is 60.7 Å². The van der Waals surface area contributed by atoms with Gasteiger partial charge in [-0.1, -0.05) is 48.5 Å². The van der Waals surface area contributed by atoms with Crippen LogP contribution in [0.2, 0.25) is 0 Å². The molecular formula is C32H28F4N2O7. The molecule has 45 heavy (non-hydrogen) atoms. The molecule has 236 valence electrons. The summed E-state index contributed by atoms with van der Waals surface area (Å²) in [6.45, 7) is -0.596. The highest BCUT2D eigenvalue weighted by Gasteiger charge is 2.44. The summed E-state index contributed by atoms with van der Waals surface area (Å²) in [5.41, 5.74) is -0.578. The number of alkyl halides is 4. The van der Waals surface area contributed by atoms with Crippen LogP contribution in [0.15, 0.2) is 84.9 Å². The Balaban J connectivity index is 1.38. The predicted octanol–water partition coefficient (Wildman–Crippen LogP) is 5.94. The molecule has 1 aliphatic heterocycles. The van der Waals surface area contributed by atoms with E-state index in [4.69, 9.17) is 23.7 Å². The average Bonchev–Trinajstić information content (AvgIpc) is 3.45. The number of nitrogens with zero attached hydrogens (tertiary/aromatic N) is 1. The van der Waals surface area contributed by atoms with Crippen LogP contribution in [0.4, 0.5) is 17.6 Å². The molecule has 5 rings (SSSR count).